The maximum absolute atomic E-state index is 12.5. The highest BCUT2D eigenvalue weighted by atomic mass is 16.2. The molecule has 1 saturated carbocycles. The number of nitrogens with one attached hydrogen (secondary N) is 1. The zero-order valence-electron chi connectivity index (χ0n) is 12.1. The van der Waals surface area contributed by atoms with E-state index in [4.69, 9.17) is 0 Å². The maximum atomic E-state index is 12.5. The molecule has 4 atom stereocenters. The van der Waals surface area contributed by atoms with Crippen molar-refractivity contribution in [2.45, 2.75) is 84.0 Å². The molecule has 0 radical (unpaired) electrons. The van der Waals surface area contributed by atoms with Gasteiger partial charge in [-0.15, -0.1) is 0 Å². The van der Waals surface area contributed by atoms with Gasteiger partial charge in [-0.1, -0.05) is 39.5 Å². The van der Waals surface area contributed by atoms with E-state index in [1.165, 1.54) is 32.1 Å². The second-order valence-electron chi connectivity index (χ2n) is 6.02. The highest BCUT2D eigenvalue weighted by molar-refractivity contribution is 5.84. The van der Waals surface area contributed by atoms with Gasteiger partial charge in [0.25, 0.3) is 0 Å². The topological polar surface area (TPSA) is 32.3 Å². The minimum Gasteiger partial charge on any atom is -0.323 e. The normalized spacial score (nSPS) is 37.3. The summed E-state index contributed by atoms with van der Waals surface area (Å²) in [4.78, 5) is 14.6. The SMILES string of the molecule is CCCC1NC(C)N(C2CCCC(CC)C2)C1=O. The third-order valence-electron chi connectivity index (χ3n) is 4.72. The summed E-state index contributed by atoms with van der Waals surface area (Å²) in [5.74, 6) is 1.18. The Morgan fingerprint density at radius 1 is 1.33 bits per heavy atom. The van der Waals surface area contributed by atoms with Crippen LogP contribution in [-0.4, -0.2) is 29.1 Å². The predicted octanol–water partition coefficient (Wildman–Crippen LogP) is 2.90. The quantitative estimate of drug-likeness (QED) is 0.834. The Kier molecular flexibility index (Phi) is 4.66. The first-order chi connectivity index (χ1) is 8.67. The summed E-state index contributed by atoms with van der Waals surface area (Å²) in [6, 6.07) is 0.563. The molecule has 1 aliphatic carbocycles. The van der Waals surface area contributed by atoms with Crippen LogP contribution in [0.4, 0.5) is 0 Å². The molecule has 0 aromatic heterocycles. The van der Waals surface area contributed by atoms with Gasteiger partial charge in [0.15, 0.2) is 0 Å². The number of carbonyl (C=O) groups is 1. The van der Waals surface area contributed by atoms with Gasteiger partial charge in [-0.25, -0.2) is 0 Å². The Labute approximate surface area is 111 Å². The molecule has 1 N–H and O–H groups in total. The van der Waals surface area contributed by atoms with Gasteiger partial charge in [-0.2, -0.15) is 0 Å². The molecule has 2 rings (SSSR count). The molecule has 1 saturated heterocycles. The number of carbonyl (C=O) groups excluding carboxylic acids is 1. The first-order valence-electron chi connectivity index (χ1n) is 7.75. The van der Waals surface area contributed by atoms with Gasteiger partial charge < -0.3 is 4.90 Å². The second kappa shape index (κ2) is 6.05. The van der Waals surface area contributed by atoms with Crippen molar-refractivity contribution in [3.05, 3.63) is 0 Å². The summed E-state index contributed by atoms with van der Waals surface area (Å²) in [7, 11) is 0. The van der Waals surface area contributed by atoms with Crippen molar-refractivity contribution < 1.29 is 4.79 Å². The smallest absolute Gasteiger partial charge is 0.241 e. The van der Waals surface area contributed by atoms with E-state index in [2.05, 4.69) is 31.0 Å². The molecular weight excluding hydrogens is 224 g/mol. The Morgan fingerprint density at radius 2 is 2.11 bits per heavy atom. The molecule has 1 aliphatic heterocycles. The van der Waals surface area contributed by atoms with Crippen LogP contribution in [-0.2, 0) is 4.79 Å². The number of rotatable bonds is 4. The molecule has 1 heterocycles. The first kappa shape index (κ1) is 13.9. The van der Waals surface area contributed by atoms with Gasteiger partial charge in [0, 0.05) is 6.04 Å². The Morgan fingerprint density at radius 3 is 2.78 bits per heavy atom. The summed E-state index contributed by atoms with van der Waals surface area (Å²) in [5.41, 5.74) is 0. The molecule has 0 aromatic carbocycles. The van der Waals surface area contributed by atoms with E-state index in [1.807, 2.05) is 0 Å². The van der Waals surface area contributed by atoms with Crippen LogP contribution in [0.3, 0.4) is 0 Å². The van der Waals surface area contributed by atoms with E-state index in [-0.39, 0.29) is 12.2 Å². The van der Waals surface area contributed by atoms with Crippen molar-refractivity contribution >= 4 is 5.91 Å². The molecule has 3 heteroatoms. The van der Waals surface area contributed by atoms with Crippen LogP contribution in [0.2, 0.25) is 0 Å². The summed E-state index contributed by atoms with van der Waals surface area (Å²) in [6.07, 6.45) is 8.61. The van der Waals surface area contributed by atoms with Crippen LogP contribution in [0.5, 0.6) is 0 Å². The Hall–Kier alpha value is -0.570. The molecule has 3 nitrogen and oxygen atoms in total. The lowest BCUT2D eigenvalue weighted by Gasteiger charge is -2.37. The molecule has 104 valence electrons. The molecule has 4 unspecified atom stereocenters. The largest absolute Gasteiger partial charge is 0.323 e. The number of nitrogens with zero attached hydrogens (tertiary/aromatic N) is 1. The summed E-state index contributed by atoms with van der Waals surface area (Å²) < 4.78 is 0. The number of hydrogen-bond donors (Lipinski definition) is 1. The fourth-order valence-electron chi connectivity index (χ4n) is 3.69. The average Bonchev–Trinajstić information content (AvgIpc) is 2.65. The lowest BCUT2D eigenvalue weighted by molar-refractivity contribution is -0.133. The molecule has 2 aliphatic rings. The maximum Gasteiger partial charge on any atom is 0.241 e. The number of hydrogen-bond acceptors (Lipinski definition) is 2. The minimum atomic E-state index is 0.0759. The molecule has 0 bridgehead atoms. The van der Waals surface area contributed by atoms with Crippen molar-refractivity contribution in [1.29, 1.82) is 0 Å². The third kappa shape index (κ3) is 2.71. The second-order valence-corrected chi connectivity index (χ2v) is 6.02. The summed E-state index contributed by atoms with van der Waals surface area (Å²) in [5, 5.41) is 3.46. The Bertz CT molecular complexity index is 292. The number of amides is 1. The van der Waals surface area contributed by atoms with Gasteiger partial charge >= 0.3 is 0 Å². The van der Waals surface area contributed by atoms with Crippen molar-refractivity contribution in [3.63, 3.8) is 0 Å². The van der Waals surface area contributed by atoms with Gasteiger partial charge in [-0.05, 0) is 32.1 Å². The molecule has 1 amide bonds. The van der Waals surface area contributed by atoms with Gasteiger partial charge in [0.05, 0.1) is 12.2 Å². The lowest BCUT2D eigenvalue weighted by Crippen LogP contribution is -2.45. The fraction of sp³-hybridized carbons (Fsp3) is 0.933. The first-order valence-corrected chi connectivity index (χ1v) is 7.75. The van der Waals surface area contributed by atoms with E-state index in [0.717, 1.165) is 18.8 Å². The molecular formula is C15H28N2O. The zero-order valence-corrected chi connectivity index (χ0v) is 12.1. The van der Waals surface area contributed by atoms with E-state index < -0.39 is 0 Å². The van der Waals surface area contributed by atoms with Gasteiger partial charge in [-0.3, -0.25) is 10.1 Å². The minimum absolute atomic E-state index is 0.0759. The van der Waals surface area contributed by atoms with Crippen LogP contribution in [0.15, 0.2) is 0 Å². The van der Waals surface area contributed by atoms with E-state index >= 15 is 0 Å². The summed E-state index contributed by atoms with van der Waals surface area (Å²) >= 11 is 0. The van der Waals surface area contributed by atoms with Crippen molar-refractivity contribution in [3.8, 4) is 0 Å². The third-order valence-corrected chi connectivity index (χ3v) is 4.72. The van der Waals surface area contributed by atoms with Crippen LogP contribution in [0, 0.1) is 5.92 Å². The summed E-state index contributed by atoms with van der Waals surface area (Å²) in [6.45, 7) is 6.57. The monoisotopic (exact) mass is 252 g/mol. The Balaban J connectivity index is 2.01. The average molecular weight is 252 g/mol. The van der Waals surface area contributed by atoms with Gasteiger partial charge in [0.1, 0.15) is 0 Å². The predicted molar refractivity (Wildman–Crippen MR) is 74.2 cm³/mol. The molecule has 2 fully saturated rings. The van der Waals surface area contributed by atoms with Gasteiger partial charge in [0.2, 0.25) is 5.91 Å². The zero-order chi connectivity index (χ0) is 13.1. The lowest BCUT2D eigenvalue weighted by atomic mass is 9.83. The molecule has 0 spiro atoms. The van der Waals surface area contributed by atoms with Crippen molar-refractivity contribution in [1.82, 2.24) is 10.2 Å². The standard InChI is InChI=1S/C15H28N2O/c1-4-7-14-15(18)17(11(3)16-14)13-9-6-8-12(5-2)10-13/h11-14,16H,4-10H2,1-3H3. The molecule has 18 heavy (non-hydrogen) atoms. The van der Waals surface area contributed by atoms with Crippen LogP contribution in [0.1, 0.15) is 65.7 Å². The van der Waals surface area contributed by atoms with Crippen LogP contribution >= 0.6 is 0 Å². The highest BCUT2D eigenvalue weighted by Gasteiger charge is 2.40. The van der Waals surface area contributed by atoms with E-state index in [0.29, 0.717) is 11.9 Å². The van der Waals surface area contributed by atoms with Crippen LogP contribution in [0.25, 0.3) is 0 Å². The van der Waals surface area contributed by atoms with E-state index in [9.17, 15) is 4.79 Å². The highest BCUT2D eigenvalue weighted by Crippen LogP contribution is 2.32. The van der Waals surface area contributed by atoms with E-state index in [1.54, 1.807) is 0 Å². The molecule has 0 aromatic rings. The van der Waals surface area contributed by atoms with Crippen molar-refractivity contribution in [2.75, 3.05) is 0 Å². The van der Waals surface area contributed by atoms with Crippen molar-refractivity contribution in [2.24, 2.45) is 5.92 Å². The van der Waals surface area contributed by atoms with Crippen LogP contribution < -0.4 is 5.32 Å². The fourth-order valence-corrected chi connectivity index (χ4v) is 3.69.